The van der Waals surface area contributed by atoms with E-state index in [0.717, 1.165) is 5.56 Å². The quantitative estimate of drug-likeness (QED) is 0.501. The molecule has 2 N–H and O–H groups in total. The number of urea groups is 1. The number of benzene rings is 2. The van der Waals surface area contributed by atoms with Crippen LogP contribution in [0.2, 0.25) is 5.02 Å². The van der Waals surface area contributed by atoms with E-state index in [-0.39, 0.29) is 17.9 Å². The van der Waals surface area contributed by atoms with Crippen molar-refractivity contribution in [2.75, 3.05) is 0 Å². The molecule has 0 saturated carbocycles. The molecule has 2 aromatic carbocycles. The lowest BCUT2D eigenvalue weighted by Gasteiger charge is -2.40. The number of carbonyl (C=O) groups is 3. The maximum absolute atomic E-state index is 13.2. The summed E-state index contributed by atoms with van der Waals surface area (Å²) in [6.45, 7) is 1.54. The molecule has 34 heavy (non-hydrogen) atoms. The molecule has 3 amide bonds. The highest BCUT2D eigenvalue weighted by atomic mass is 35.5. The number of carboxylic acid groups (broad SMARTS) is 1. The SMILES string of the molecule is C[C@@H](NC(=O)N1C(=O)[C@H](C#CCc2cccc(Cl)c2)[C@H]1C(=O)O)c1ccc2c(c1)OC(F)(F)O2. The molecule has 3 atom stereocenters. The zero-order chi connectivity index (χ0) is 24.6. The third-order valence-electron chi connectivity index (χ3n) is 5.27. The van der Waals surface area contributed by atoms with Crippen LogP contribution in [-0.4, -0.2) is 40.3 Å². The van der Waals surface area contributed by atoms with E-state index in [0.29, 0.717) is 15.5 Å². The Kier molecular flexibility index (Phi) is 6.06. The van der Waals surface area contributed by atoms with Crippen LogP contribution in [-0.2, 0) is 16.0 Å². The number of hydrogen-bond acceptors (Lipinski definition) is 5. The Labute approximate surface area is 197 Å². The van der Waals surface area contributed by atoms with Gasteiger partial charge < -0.3 is 19.9 Å². The number of imide groups is 1. The monoisotopic (exact) mass is 490 g/mol. The van der Waals surface area contributed by atoms with E-state index >= 15 is 0 Å². The zero-order valence-corrected chi connectivity index (χ0v) is 18.3. The number of ether oxygens (including phenoxy) is 2. The first-order valence-corrected chi connectivity index (χ1v) is 10.4. The molecule has 11 heteroatoms. The number of amides is 3. The fourth-order valence-corrected chi connectivity index (χ4v) is 3.80. The highest BCUT2D eigenvalue weighted by molar-refractivity contribution is 6.30. The predicted molar refractivity (Wildman–Crippen MR) is 114 cm³/mol. The Morgan fingerprint density at radius 2 is 1.97 bits per heavy atom. The molecule has 4 rings (SSSR count). The van der Waals surface area contributed by atoms with Crippen molar-refractivity contribution in [2.45, 2.75) is 31.7 Å². The minimum absolute atomic E-state index is 0.157. The van der Waals surface area contributed by atoms with E-state index in [1.807, 2.05) is 0 Å². The van der Waals surface area contributed by atoms with Crippen molar-refractivity contribution in [3.05, 3.63) is 58.6 Å². The molecule has 0 bridgehead atoms. The summed E-state index contributed by atoms with van der Waals surface area (Å²) in [5.41, 5.74) is 1.18. The standard InChI is InChI=1S/C23H17ClF2N2O6/c1-12(14-8-9-17-18(11-14)34-23(25,26)33-17)27-22(32)28-19(21(30)31)16(20(28)29)7-3-5-13-4-2-6-15(24)10-13/h2,4,6,8-12,16,19H,5H2,1H3,(H,27,32)(H,30,31)/t12-,16-,19+/m1/s1. The van der Waals surface area contributed by atoms with Crippen LogP contribution in [0.25, 0.3) is 0 Å². The molecule has 1 fully saturated rings. The predicted octanol–water partition coefficient (Wildman–Crippen LogP) is 3.59. The molecule has 0 unspecified atom stereocenters. The molecule has 176 valence electrons. The van der Waals surface area contributed by atoms with E-state index in [4.69, 9.17) is 11.6 Å². The smallest absolute Gasteiger partial charge is 0.480 e. The Bertz CT molecular complexity index is 1240. The summed E-state index contributed by atoms with van der Waals surface area (Å²) in [5, 5.41) is 12.6. The van der Waals surface area contributed by atoms with Gasteiger partial charge in [0.05, 0.1) is 6.04 Å². The lowest BCUT2D eigenvalue weighted by atomic mass is 9.88. The summed E-state index contributed by atoms with van der Waals surface area (Å²) in [6.07, 6.45) is -3.53. The minimum atomic E-state index is -3.78. The highest BCUT2D eigenvalue weighted by Gasteiger charge is 2.54. The maximum atomic E-state index is 13.2. The van der Waals surface area contributed by atoms with Crippen LogP contribution in [0.4, 0.5) is 13.6 Å². The second kappa shape index (κ2) is 8.83. The van der Waals surface area contributed by atoms with E-state index in [2.05, 4.69) is 26.6 Å². The Morgan fingerprint density at radius 1 is 1.24 bits per heavy atom. The van der Waals surface area contributed by atoms with E-state index in [1.165, 1.54) is 25.1 Å². The van der Waals surface area contributed by atoms with Gasteiger partial charge in [-0.15, -0.1) is 8.78 Å². The van der Waals surface area contributed by atoms with Crippen molar-refractivity contribution in [3.63, 3.8) is 0 Å². The van der Waals surface area contributed by atoms with Gasteiger partial charge in [0, 0.05) is 11.4 Å². The Hall–Kier alpha value is -3.84. The molecule has 2 aliphatic heterocycles. The van der Waals surface area contributed by atoms with Crippen molar-refractivity contribution in [1.29, 1.82) is 0 Å². The molecule has 0 spiro atoms. The molecule has 1 saturated heterocycles. The van der Waals surface area contributed by atoms with E-state index < -0.39 is 42.2 Å². The summed E-state index contributed by atoms with van der Waals surface area (Å²) in [6, 6.07) is 7.73. The normalized spacial score (nSPS) is 20.6. The number of nitrogens with zero attached hydrogens (tertiary/aromatic N) is 1. The van der Waals surface area contributed by atoms with Crippen LogP contribution in [0.1, 0.15) is 24.1 Å². The van der Waals surface area contributed by atoms with Gasteiger partial charge in [0.2, 0.25) is 5.91 Å². The summed E-state index contributed by atoms with van der Waals surface area (Å²) >= 11 is 5.91. The van der Waals surface area contributed by atoms with Crippen LogP contribution >= 0.6 is 11.6 Å². The van der Waals surface area contributed by atoms with Gasteiger partial charge in [-0.3, -0.25) is 4.79 Å². The van der Waals surface area contributed by atoms with Crippen LogP contribution in [0, 0.1) is 17.8 Å². The van der Waals surface area contributed by atoms with Gasteiger partial charge in [-0.2, -0.15) is 0 Å². The van der Waals surface area contributed by atoms with Crippen molar-refractivity contribution < 1.29 is 37.7 Å². The first-order valence-electron chi connectivity index (χ1n) is 10.0. The molecule has 2 aliphatic rings. The molecular formula is C23H17ClF2N2O6. The number of nitrogens with one attached hydrogen (secondary N) is 1. The van der Waals surface area contributed by atoms with Crippen molar-refractivity contribution >= 4 is 29.5 Å². The van der Waals surface area contributed by atoms with Crippen LogP contribution in [0.3, 0.4) is 0 Å². The third-order valence-corrected chi connectivity index (χ3v) is 5.51. The van der Waals surface area contributed by atoms with Crippen molar-refractivity contribution in [3.8, 4) is 23.3 Å². The Balaban J connectivity index is 1.42. The van der Waals surface area contributed by atoms with Crippen molar-refractivity contribution in [1.82, 2.24) is 10.2 Å². The molecule has 0 radical (unpaired) electrons. The molecule has 2 heterocycles. The molecule has 0 aliphatic carbocycles. The van der Waals surface area contributed by atoms with Gasteiger partial charge in [0.15, 0.2) is 17.5 Å². The maximum Gasteiger partial charge on any atom is 0.586 e. The van der Waals surface area contributed by atoms with Crippen molar-refractivity contribution in [2.24, 2.45) is 5.92 Å². The number of carbonyl (C=O) groups excluding carboxylic acids is 2. The number of aliphatic carboxylic acids is 1. The first-order chi connectivity index (χ1) is 16.1. The van der Waals surface area contributed by atoms with E-state index in [9.17, 15) is 28.3 Å². The van der Waals surface area contributed by atoms with Crippen LogP contribution in [0.5, 0.6) is 11.5 Å². The molecule has 8 nitrogen and oxygen atoms in total. The van der Waals surface area contributed by atoms with E-state index in [1.54, 1.807) is 24.3 Å². The first kappa shape index (κ1) is 23.3. The zero-order valence-electron chi connectivity index (χ0n) is 17.6. The summed E-state index contributed by atoms with van der Waals surface area (Å²) in [7, 11) is 0. The fraction of sp³-hybridized carbons (Fsp3) is 0.261. The topological polar surface area (TPSA) is 105 Å². The van der Waals surface area contributed by atoms with Gasteiger partial charge in [-0.05, 0) is 42.3 Å². The summed E-state index contributed by atoms with van der Waals surface area (Å²) in [5.74, 6) is 1.72. The van der Waals surface area contributed by atoms with Gasteiger partial charge in [-0.25, -0.2) is 14.5 Å². The molecular weight excluding hydrogens is 474 g/mol. The van der Waals surface area contributed by atoms with Gasteiger partial charge in [0.25, 0.3) is 0 Å². The lowest BCUT2D eigenvalue weighted by molar-refractivity contribution is -0.286. The van der Waals surface area contributed by atoms with Crippen LogP contribution < -0.4 is 14.8 Å². The van der Waals surface area contributed by atoms with Crippen LogP contribution in [0.15, 0.2) is 42.5 Å². The number of halogens is 3. The average Bonchev–Trinajstić information content (AvgIpc) is 3.07. The summed E-state index contributed by atoms with van der Waals surface area (Å²) in [4.78, 5) is 37.5. The Morgan fingerprint density at radius 3 is 2.68 bits per heavy atom. The highest BCUT2D eigenvalue weighted by Crippen LogP contribution is 2.42. The number of β-lactam (4-membered cyclic amide) rings is 1. The average molecular weight is 491 g/mol. The number of fused-ring (bicyclic) bond motifs is 1. The minimum Gasteiger partial charge on any atom is -0.480 e. The number of carboxylic acids is 1. The summed E-state index contributed by atoms with van der Waals surface area (Å²) < 4.78 is 35.1. The lowest BCUT2D eigenvalue weighted by Crippen LogP contribution is -2.67. The number of hydrogen-bond donors (Lipinski definition) is 2. The largest absolute Gasteiger partial charge is 0.586 e. The third kappa shape index (κ3) is 4.61. The number of likely N-dealkylation sites (tertiary alicyclic amines) is 1. The number of rotatable bonds is 4. The number of alkyl halides is 2. The molecule has 0 aromatic heterocycles. The second-order valence-corrected chi connectivity index (χ2v) is 8.08. The fourth-order valence-electron chi connectivity index (χ4n) is 3.59. The molecule has 2 aromatic rings. The van der Waals surface area contributed by atoms with Gasteiger partial charge in [-0.1, -0.05) is 41.6 Å². The van der Waals surface area contributed by atoms with Gasteiger partial charge in [0.1, 0.15) is 5.92 Å². The van der Waals surface area contributed by atoms with Gasteiger partial charge >= 0.3 is 18.3 Å². The second-order valence-electron chi connectivity index (χ2n) is 7.64.